The van der Waals surface area contributed by atoms with E-state index in [0.29, 0.717) is 6.61 Å². The molecule has 2 aliphatic heterocycles. The van der Waals surface area contributed by atoms with Gasteiger partial charge >= 0.3 is 0 Å². The Hall–Kier alpha value is -0.750. The van der Waals surface area contributed by atoms with Crippen molar-refractivity contribution in [2.24, 2.45) is 0 Å². The monoisotopic (exact) mass is 351 g/mol. The Morgan fingerprint density at radius 2 is 1.71 bits per heavy atom. The third kappa shape index (κ3) is 6.28. The van der Waals surface area contributed by atoms with Gasteiger partial charge in [-0.2, -0.15) is 0 Å². The molecule has 0 aromatic heterocycles. The summed E-state index contributed by atoms with van der Waals surface area (Å²) in [7, 11) is 0. The molecule has 0 spiro atoms. The van der Waals surface area contributed by atoms with Crippen LogP contribution in [0.4, 0.5) is 5.69 Å². The lowest BCUT2D eigenvalue weighted by molar-refractivity contribution is 0.120. The molecule has 0 unspecified atom stereocenters. The molecule has 2 fully saturated rings. The summed E-state index contributed by atoms with van der Waals surface area (Å²) in [5.74, 6) is 0. The highest BCUT2D eigenvalue weighted by Gasteiger charge is 2.26. The average molecular weight is 352 g/mol. The van der Waals surface area contributed by atoms with Gasteiger partial charge in [0.2, 0.25) is 0 Å². The van der Waals surface area contributed by atoms with Crippen molar-refractivity contribution < 1.29 is 5.11 Å². The normalized spacial score (nSPS) is 20.4. The first-order valence-electron chi connectivity index (χ1n) is 9.37. The fourth-order valence-electron chi connectivity index (χ4n) is 3.28. The molecule has 3 rings (SSSR count). The van der Waals surface area contributed by atoms with Crippen LogP contribution in [0, 0.1) is 0 Å². The molecule has 2 saturated heterocycles. The lowest BCUT2D eigenvalue weighted by Crippen LogP contribution is -2.45. The van der Waals surface area contributed by atoms with Gasteiger partial charge in [-0.25, -0.2) is 4.31 Å². The Balaban J connectivity index is 0.000000471. The SMILES string of the molecule is CCCO.Nc1ccccc1SN1CCC(N2CCCCC2)CC1. The number of piperidine rings is 2. The highest BCUT2D eigenvalue weighted by Crippen LogP contribution is 2.31. The third-order valence-corrected chi connectivity index (χ3v) is 5.89. The van der Waals surface area contributed by atoms with Crippen molar-refractivity contribution in [2.45, 2.75) is 56.4 Å². The van der Waals surface area contributed by atoms with Crippen LogP contribution in [0.25, 0.3) is 0 Å². The number of para-hydroxylation sites is 1. The zero-order chi connectivity index (χ0) is 17.2. The van der Waals surface area contributed by atoms with Crippen molar-refractivity contribution >= 4 is 17.6 Å². The molecule has 0 amide bonds. The number of nitrogens with two attached hydrogens (primary N) is 1. The predicted molar refractivity (Wildman–Crippen MR) is 104 cm³/mol. The van der Waals surface area contributed by atoms with E-state index in [0.717, 1.165) is 18.2 Å². The Morgan fingerprint density at radius 3 is 2.29 bits per heavy atom. The largest absolute Gasteiger partial charge is 0.398 e. The minimum Gasteiger partial charge on any atom is -0.398 e. The molecular formula is C19H33N3OS. The van der Waals surface area contributed by atoms with Crippen LogP contribution < -0.4 is 5.73 Å². The Kier molecular flexibility index (Phi) is 8.95. The average Bonchev–Trinajstić information content (AvgIpc) is 2.65. The van der Waals surface area contributed by atoms with Crippen molar-refractivity contribution in [3.05, 3.63) is 24.3 Å². The summed E-state index contributed by atoms with van der Waals surface area (Å²) in [6, 6.07) is 9.00. The van der Waals surface area contributed by atoms with E-state index in [1.54, 1.807) is 0 Å². The van der Waals surface area contributed by atoms with Crippen LogP contribution in [0.1, 0.15) is 45.4 Å². The molecule has 4 nitrogen and oxygen atoms in total. The van der Waals surface area contributed by atoms with E-state index in [4.69, 9.17) is 10.8 Å². The molecule has 2 heterocycles. The summed E-state index contributed by atoms with van der Waals surface area (Å²) in [4.78, 5) is 3.92. The van der Waals surface area contributed by atoms with E-state index >= 15 is 0 Å². The Labute approximate surface area is 151 Å². The van der Waals surface area contributed by atoms with Gasteiger partial charge in [-0.1, -0.05) is 25.5 Å². The van der Waals surface area contributed by atoms with Crippen LogP contribution in [0.15, 0.2) is 29.2 Å². The molecule has 0 bridgehead atoms. The minimum atomic E-state index is 0.319. The summed E-state index contributed by atoms with van der Waals surface area (Å²) < 4.78 is 2.48. The lowest BCUT2D eigenvalue weighted by Gasteiger charge is -2.39. The maximum absolute atomic E-state index is 7.88. The molecule has 24 heavy (non-hydrogen) atoms. The van der Waals surface area contributed by atoms with Gasteiger partial charge in [0.15, 0.2) is 0 Å². The second-order valence-corrected chi connectivity index (χ2v) is 7.75. The number of aliphatic hydroxyl groups excluding tert-OH is 1. The topological polar surface area (TPSA) is 52.7 Å². The zero-order valence-electron chi connectivity index (χ0n) is 15.0. The van der Waals surface area contributed by atoms with Crippen molar-refractivity contribution in [1.29, 1.82) is 0 Å². The van der Waals surface area contributed by atoms with Crippen LogP contribution in [0.2, 0.25) is 0 Å². The number of nitrogens with zero attached hydrogens (tertiary/aromatic N) is 2. The van der Waals surface area contributed by atoms with E-state index in [2.05, 4.69) is 21.3 Å². The Bertz CT molecular complexity index is 456. The number of likely N-dealkylation sites (tertiary alicyclic amines) is 1. The standard InChI is InChI=1S/C16H25N3S.C3H8O/c17-15-6-2-3-7-16(15)20-19-12-8-14(9-13-19)18-10-4-1-5-11-18;1-2-3-4/h2-3,6-7,14H,1,4-5,8-13,17H2;4H,2-3H2,1H3. The van der Waals surface area contributed by atoms with Crippen LogP contribution in [0.3, 0.4) is 0 Å². The van der Waals surface area contributed by atoms with Gasteiger partial charge in [-0.05, 0) is 69.3 Å². The number of nitrogen functional groups attached to an aromatic ring is 1. The molecular weight excluding hydrogens is 318 g/mol. The summed E-state index contributed by atoms with van der Waals surface area (Å²) in [5, 5.41) is 7.88. The fraction of sp³-hybridized carbons (Fsp3) is 0.684. The van der Waals surface area contributed by atoms with E-state index < -0.39 is 0 Å². The summed E-state index contributed by atoms with van der Waals surface area (Å²) in [6.07, 6.45) is 7.71. The first-order valence-corrected chi connectivity index (χ1v) is 10.1. The maximum Gasteiger partial charge on any atom is 0.0465 e. The van der Waals surface area contributed by atoms with Crippen LogP contribution >= 0.6 is 11.9 Å². The molecule has 2 aliphatic rings. The smallest absolute Gasteiger partial charge is 0.0465 e. The van der Waals surface area contributed by atoms with Gasteiger partial charge in [0.05, 0.1) is 0 Å². The molecule has 1 aromatic carbocycles. The summed E-state index contributed by atoms with van der Waals surface area (Å²) in [6.45, 7) is 7.26. The van der Waals surface area contributed by atoms with Gasteiger partial charge in [0, 0.05) is 36.3 Å². The first-order chi connectivity index (χ1) is 11.7. The quantitative estimate of drug-likeness (QED) is 0.641. The second-order valence-electron chi connectivity index (χ2n) is 6.61. The van der Waals surface area contributed by atoms with Gasteiger partial charge < -0.3 is 15.7 Å². The van der Waals surface area contributed by atoms with Crippen molar-refractivity contribution in [1.82, 2.24) is 9.21 Å². The van der Waals surface area contributed by atoms with Gasteiger partial charge in [0.1, 0.15) is 0 Å². The number of hydrogen-bond acceptors (Lipinski definition) is 5. The van der Waals surface area contributed by atoms with Crippen molar-refractivity contribution in [3.63, 3.8) is 0 Å². The van der Waals surface area contributed by atoms with E-state index in [1.807, 2.05) is 31.0 Å². The molecule has 3 N–H and O–H groups in total. The van der Waals surface area contributed by atoms with Gasteiger partial charge in [0.25, 0.3) is 0 Å². The first kappa shape index (κ1) is 19.6. The minimum absolute atomic E-state index is 0.319. The lowest BCUT2D eigenvalue weighted by atomic mass is 10.0. The van der Waals surface area contributed by atoms with Crippen LogP contribution in [0.5, 0.6) is 0 Å². The molecule has 0 aliphatic carbocycles. The highest BCUT2D eigenvalue weighted by molar-refractivity contribution is 7.97. The molecule has 1 aromatic rings. The van der Waals surface area contributed by atoms with Gasteiger partial charge in [-0.15, -0.1) is 0 Å². The fourth-order valence-corrected chi connectivity index (χ4v) is 4.27. The molecule has 0 radical (unpaired) electrons. The third-order valence-electron chi connectivity index (χ3n) is 4.70. The number of hydrogen-bond donors (Lipinski definition) is 2. The van der Waals surface area contributed by atoms with E-state index in [-0.39, 0.29) is 0 Å². The molecule has 136 valence electrons. The maximum atomic E-state index is 7.88. The summed E-state index contributed by atoms with van der Waals surface area (Å²) in [5.41, 5.74) is 6.92. The van der Waals surface area contributed by atoms with Crippen molar-refractivity contribution in [3.8, 4) is 0 Å². The predicted octanol–water partition coefficient (Wildman–Crippen LogP) is 3.61. The second kappa shape index (κ2) is 11.0. The van der Waals surface area contributed by atoms with Crippen LogP contribution in [-0.4, -0.2) is 53.1 Å². The Morgan fingerprint density at radius 1 is 1.08 bits per heavy atom. The number of aliphatic hydroxyl groups is 1. The van der Waals surface area contributed by atoms with E-state index in [1.165, 1.54) is 63.2 Å². The number of benzene rings is 1. The van der Waals surface area contributed by atoms with Gasteiger partial charge in [-0.3, -0.25) is 0 Å². The van der Waals surface area contributed by atoms with Crippen LogP contribution in [-0.2, 0) is 0 Å². The highest BCUT2D eigenvalue weighted by atomic mass is 32.2. The number of rotatable bonds is 4. The number of anilines is 1. The van der Waals surface area contributed by atoms with E-state index in [9.17, 15) is 0 Å². The summed E-state index contributed by atoms with van der Waals surface area (Å²) >= 11 is 1.83. The van der Waals surface area contributed by atoms with Crippen molar-refractivity contribution in [2.75, 3.05) is 38.5 Å². The molecule has 5 heteroatoms. The molecule has 0 atom stereocenters. The molecule has 0 saturated carbocycles. The zero-order valence-corrected chi connectivity index (χ0v) is 15.8.